The number of anilines is 1. The lowest BCUT2D eigenvalue weighted by Crippen LogP contribution is -1.97. The van der Waals surface area contributed by atoms with E-state index in [1.54, 1.807) is 43.6 Å². The number of nitrogens with zero attached hydrogens (tertiary/aromatic N) is 2. The van der Waals surface area contributed by atoms with Crippen molar-refractivity contribution in [1.29, 1.82) is 0 Å². The molecule has 0 radical (unpaired) electrons. The summed E-state index contributed by atoms with van der Waals surface area (Å²) in [6, 6.07) is 8.77. The number of aromatic nitrogens is 2. The third-order valence-electron chi connectivity index (χ3n) is 1.89. The molecule has 0 amide bonds. The molecule has 0 atom stereocenters. The van der Waals surface area contributed by atoms with Crippen LogP contribution in [0.2, 0.25) is 5.02 Å². The second-order valence-corrected chi connectivity index (χ2v) is 3.46. The van der Waals surface area contributed by atoms with E-state index in [2.05, 4.69) is 15.3 Å². The summed E-state index contributed by atoms with van der Waals surface area (Å²) >= 11 is 5.77. The minimum Gasteiger partial charge on any atom is -0.439 e. The van der Waals surface area contributed by atoms with Crippen molar-refractivity contribution in [3.05, 3.63) is 41.6 Å². The van der Waals surface area contributed by atoms with Crippen LogP contribution in [-0.2, 0) is 0 Å². The lowest BCUT2D eigenvalue weighted by molar-refractivity contribution is 0.462. The van der Waals surface area contributed by atoms with E-state index in [0.29, 0.717) is 22.6 Å². The second kappa shape index (κ2) is 4.81. The first-order valence-electron chi connectivity index (χ1n) is 4.72. The summed E-state index contributed by atoms with van der Waals surface area (Å²) in [5.74, 6) is 1.69. The van der Waals surface area contributed by atoms with E-state index in [9.17, 15) is 0 Å². The molecule has 1 aromatic carbocycles. The molecule has 0 aliphatic heterocycles. The molecule has 1 heterocycles. The topological polar surface area (TPSA) is 47.0 Å². The van der Waals surface area contributed by atoms with Crippen molar-refractivity contribution in [1.82, 2.24) is 9.97 Å². The fourth-order valence-electron chi connectivity index (χ4n) is 1.14. The summed E-state index contributed by atoms with van der Waals surface area (Å²) in [6.45, 7) is 0. The van der Waals surface area contributed by atoms with Crippen molar-refractivity contribution < 1.29 is 4.74 Å². The first-order chi connectivity index (χ1) is 7.78. The van der Waals surface area contributed by atoms with E-state index in [1.807, 2.05) is 0 Å². The molecule has 1 N–H and O–H groups in total. The third kappa shape index (κ3) is 2.61. The first-order valence-corrected chi connectivity index (χ1v) is 5.10. The molecule has 2 aromatic rings. The summed E-state index contributed by atoms with van der Waals surface area (Å²) in [5.41, 5.74) is 0. The number of hydrogen-bond donors (Lipinski definition) is 1. The molecule has 0 aliphatic rings. The molecule has 0 unspecified atom stereocenters. The zero-order valence-electron chi connectivity index (χ0n) is 8.64. The molecule has 0 spiro atoms. The van der Waals surface area contributed by atoms with Gasteiger partial charge in [-0.25, -0.2) is 4.98 Å². The van der Waals surface area contributed by atoms with Gasteiger partial charge >= 0.3 is 0 Å². The van der Waals surface area contributed by atoms with Crippen LogP contribution in [0.25, 0.3) is 0 Å². The normalized spacial score (nSPS) is 9.88. The van der Waals surface area contributed by atoms with Crippen LogP contribution in [0, 0.1) is 0 Å². The van der Waals surface area contributed by atoms with E-state index in [1.165, 1.54) is 0 Å². The van der Waals surface area contributed by atoms with E-state index in [0.717, 1.165) is 0 Å². The molecule has 5 heteroatoms. The lowest BCUT2D eigenvalue weighted by atomic mass is 10.3. The fraction of sp³-hybridized carbons (Fsp3) is 0.0909. The van der Waals surface area contributed by atoms with Crippen molar-refractivity contribution in [2.75, 3.05) is 12.4 Å². The maximum Gasteiger partial charge on any atom is 0.225 e. The van der Waals surface area contributed by atoms with Gasteiger partial charge in [0.15, 0.2) is 0 Å². The maximum absolute atomic E-state index is 5.77. The highest BCUT2D eigenvalue weighted by Crippen LogP contribution is 2.21. The van der Waals surface area contributed by atoms with Gasteiger partial charge in [-0.3, -0.25) is 0 Å². The summed E-state index contributed by atoms with van der Waals surface area (Å²) in [5, 5.41) is 3.51. The molecular formula is C11H10ClN3O. The smallest absolute Gasteiger partial charge is 0.225 e. The molecule has 0 fully saturated rings. The average Bonchev–Trinajstić information content (AvgIpc) is 2.32. The van der Waals surface area contributed by atoms with Gasteiger partial charge in [-0.2, -0.15) is 4.98 Å². The number of rotatable bonds is 3. The predicted octanol–water partition coefficient (Wildman–Crippen LogP) is 2.96. The number of halogens is 1. The number of ether oxygens (including phenoxy) is 1. The highest BCUT2D eigenvalue weighted by atomic mass is 35.5. The van der Waals surface area contributed by atoms with Gasteiger partial charge in [0.25, 0.3) is 0 Å². The Morgan fingerprint density at radius 2 is 1.94 bits per heavy atom. The average molecular weight is 236 g/mol. The number of benzene rings is 1. The third-order valence-corrected chi connectivity index (χ3v) is 2.14. The molecule has 1 aromatic heterocycles. The van der Waals surface area contributed by atoms with Gasteiger partial charge in [-0.1, -0.05) is 11.6 Å². The molecule has 2 rings (SSSR count). The Morgan fingerprint density at radius 1 is 1.19 bits per heavy atom. The quantitative estimate of drug-likeness (QED) is 0.889. The van der Waals surface area contributed by atoms with Crippen LogP contribution >= 0.6 is 11.6 Å². The van der Waals surface area contributed by atoms with E-state index in [-0.39, 0.29) is 0 Å². The van der Waals surface area contributed by atoms with E-state index < -0.39 is 0 Å². The second-order valence-electron chi connectivity index (χ2n) is 3.02. The van der Waals surface area contributed by atoms with Crippen molar-refractivity contribution >= 4 is 17.5 Å². The monoisotopic (exact) mass is 235 g/mol. The fourth-order valence-corrected chi connectivity index (χ4v) is 1.27. The van der Waals surface area contributed by atoms with Crippen LogP contribution in [0.5, 0.6) is 11.6 Å². The Kier molecular flexibility index (Phi) is 3.22. The lowest BCUT2D eigenvalue weighted by Gasteiger charge is -2.05. The largest absolute Gasteiger partial charge is 0.439 e. The Morgan fingerprint density at radius 3 is 2.62 bits per heavy atom. The number of nitrogens with one attached hydrogen (secondary N) is 1. The standard InChI is InChI=1S/C11H10ClN3O/c1-13-11-14-7-6-10(15-11)16-9-4-2-8(12)3-5-9/h2-7H,1H3,(H,13,14,15). The Labute approximate surface area is 98.3 Å². The zero-order chi connectivity index (χ0) is 11.4. The molecule has 0 bridgehead atoms. The van der Waals surface area contributed by atoms with Crippen LogP contribution in [-0.4, -0.2) is 17.0 Å². The highest BCUT2D eigenvalue weighted by molar-refractivity contribution is 6.30. The first kappa shape index (κ1) is 10.7. The molecule has 16 heavy (non-hydrogen) atoms. The Bertz CT molecular complexity index is 473. The predicted molar refractivity (Wildman–Crippen MR) is 63.1 cm³/mol. The summed E-state index contributed by atoms with van der Waals surface area (Å²) in [7, 11) is 1.75. The van der Waals surface area contributed by atoms with Crippen LogP contribution < -0.4 is 10.1 Å². The SMILES string of the molecule is CNc1nccc(Oc2ccc(Cl)cc2)n1. The van der Waals surface area contributed by atoms with Gasteiger partial charge in [-0.05, 0) is 24.3 Å². The van der Waals surface area contributed by atoms with Crippen molar-refractivity contribution in [2.24, 2.45) is 0 Å². The highest BCUT2D eigenvalue weighted by Gasteiger charge is 2.00. The maximum atomic E-state index is 5.77. The molecule has 82 valence electrons. The Balaban J connectivity index is 2.16. The summed E-state index contributed by atoms with van der Waals surface area (Å²) in [6.07, 6.45) is 1.63. The van der Waals surface area contributed by atoms with Crippen molar-refractivity contribution in [2.45, 2.75) is 0 Å². The van der Waals surface area contributed by atoms with E-state index in [4.69, 9.17) is 16.3 Å². The summed E-state index contributed by atoms with van der Waals surface area (Å²) < 4.78 is 5.53. The van der Waals surface area contributed by atoms with Crippen LogP contribution in [0.4, 0.5) is 5.95 Å². The minimum atomic E-state index is 0.488. The summed E-state index contributed by atoms with van der Waals surface area (Å²) in [4.78, 5) is 8.12. The molecule has 0 saturated carbocycles. The van der Waals surface area contributed by atoms with Crippen molar-refractivity contribution in [3.63, 3.8) is 0 Å². The van der Waals surface area contributed by atoms with Gasteiger partial charge in [0.1, 0.15) is 5.75 Å². The molecule has 0 aliphatic carbocycles. The molecule has 0 saturated heterocycles. The zero-order valence-corrected chi connectivity index (χ0v) is 9.40. The van der Waals surface area contributed by atoms with Gasteiger partial charge in [0, 0.05) is 24.3 Å². The van der Waals surface area contributed by atoms with Gasteiger partial charge < -0.3 is 10.1 Å². The number of hydrogen-bond acceptors (Lipinski definition) is 4. The molecule has 4 nitrogen and oxygen atoms in total. The van der Waals surface area contributed by atoms with Crippen LogP contribution in [0.3, 0.4) is 0 Å². The van der Waals surface area contributed by atoms with Gasteiger partial charge in [-0.15, -0.1) is 0 Å². The molecular weight excluding hydrogens is 226 g/mol. The minimum absolute atomic E-state index is 0.488. The van der Waals surface area contributed by atoms with Gasteiger partial charge in [0.2, 0.25) is 11.8 Å². The Hall–Kier alpha value is -1.81. The van der Waals surface area contributed by atoms with Gasteiger partial charge in [0.05, 0.1) is 0 Å². The van der Waals surface area contributed by atoms with Crippen LogP contribution in [0.1, 0.15) is 0 Å². The van der Waals surface area contributed by atoms with Crippen LogP contribution in [0.15, 0.2) is 36.5 Å². The van der Waals surface area contributed by atoms with Crippen molar-refractivity contribution in [3.8, 4) is 11.6 Å². The van der Waals surface area contributed by atoms with E-state index >= 15 is 0 Å².